The van der Waals surface area contributed by atoms with Crippen LogP contribution in [0, 0.1) is 0 Å². The largest absolute Gasteiger partial charge is 0.492 e. The van der Waals surface area contributed by atoms with Gasteiger partial charge >= 0.3 is 0 Å². The molecule has 0 fully saturated rings. The van der Waals surface area contributed by atoms with Gasteiger partial charge in [0.2, 0.25) is 0 Å². The molecule has 5 heteroatoms. The summed E-state index contributed by atoms with van der Waals surface area (Å²) in [6.45, 7) is 5.21. The van der Waals surface area contributed by atoms with Crippen LogP contribution >= 0.6 is 0 Å². The van der Waals surface area contributed by atoms with E-state index in [-0.39, 0.29) is 0 Å². The third kappa shape index (κ3) is 6.86. The highest BCUT2D eigenvalue weighted by Crippen LogP contribution is 2.12. The Morgan fingerprint density at radius 3 is 2.25 bits per heavy atom. The zero-order valence-corrected chi connectivity index (χ0v) is 12.5. The lowest BCUT2D eigenvalue weighted by atomic mass is 10.2. The van der Waals surface area contributed by atoms with E-state index < -0.39 is 0 Å². The van der Waals surface area contributed by atoms with Gasteiger partial charge in [-0.15, -0.1) is 0 Å². The Balaban J connectivity index is 2.34. The van der Waals surface area contributed by atoms with Gasteiger partial charge in [-0.1, -0.05) is 12.1 Å². The van der Waals surface area contributed by atoms with Gasteiger partial charge < -0.3 is 19.9 Å². The minimum atomic E-state index is 0.533. The van der Waals surface area contributed by atoms with Crippen LogP contribution in [0.1, 0.15) is 5.56 Å². The van der Waals surface area contributed by atoms with Crippen LogP contribution in [-0.2, 0) is 16.0 Å². The molecule has 0 bridgehead atoms. The van der Waals surface area contributed by atoms with Crippen molar-refractivity contribution in [1.29, 1.82) is 0 Å². The van der Waals surface area contributed by atoms with E-state index in [4.69, 9.17) is 19.9 Å². The number of benzene rings is 1. The number of hydrogen-bond acceptors (Lipinski definition) is 5. The minimum Gasteiger partial charge on any atom is -0.492 e. The van der Waals surface area contributed by atoms with Crippen LogP contribution in [0.5, 0.6) is 5.75 Å². The van der Waals surface area contributed by atoms with Crippen LogP contribution in [0.25, 0.3) is 0 Å². The molecule has 0 aromatic heterocycles. The van der Waals surface area contributed by atoms with E-state index in [1.54, 1.807) is 14.2 Å². The van der Waals surface area contributed by atoms with Crippen molar-refractivity contribution >= 4 is 0 Å². The predicted octanol–water partition coefficient (Wildman–Crippen LogP) is 1.12. The predicted molar refractivity (Wildman–Crippen MR) is 80.0 cm³/mol. The summed E-state index contributed by atoms with van der Waals surface area (Å²) in [7, 11) is 3.42. The van der Waals surface area contributed by atoms with Crippen LogP contribution in [0.3, 0.4) is 0 Å². The molecule has 114 valence electrons. The minimum absolute atomic E-state index is 0.533. The molecule has 20 heavy (non-hydrogen) atoms. The van der Waals surface area contributed by atoms with Crippen molar-refractivity contribution < 1.29 is 14.2 Å². The van der Waals surface area contributed by atoms with Gasteiger partial charge in [-0.05, 0) is 17.7 Å². The highest BCUT2D eigenvalue weighted by atomic mass is 16.5. The highest BCUT2D eigenvalue weighted by molar-refractivity contribution is 5.28. The Bertz CT molecular complexity index is 353. The molecule has 0 atom stereocenters. The molecule has 0 spiro atoms. The van der Waals surface area contributed by atoms with Crippen molar-refractivity contribution in [3.8, 4) is 5.75 Å². The topological polar surface area (TPSA) is 57.0 Å². The van der Waals surface area contributed by atoms with Gasteiger partial charge in [-0.2, -0.15) is 0 Å². The number of nitrogens with zero attached hydrogens (tertiary/aromatic N) is 1. The Morgan fingerprint density at radius 1 is 1.00 bits per heavy atom. The van der Waals surface area contributed by atoms with E-state index in [1.807, 2.05) is 24.3 Å². The second-order valence-electron chi connectivity index (χ2n) is 4.53. The lowest BCUT2D eigenvalue weighted by Crippen LogP contribution is -2.34. The van der Waals surface area contributed by atoms with Gasteiger partial charge in [-0.25, -0.2) is 0 Å². The fourth-order valence-corrected chi connectivity index (χ4v) is 1.83. The molecule has 5 nitrogen and oxygen atoms in total. The van der Waals surface area contributed by atoms with E-state index in [0.717, 1.165) is 30.9 Å². The second-order valence-corrected chi connectivity index (χ2v) is 4.53. The lowest BCUT2D eigenvalue weighted by molar-refractivity contribution is 0.104. The zero-order chi connectivity index (χ0) is 14.6. The summed E-state index contributed by atoms with van der Waals surface area (Å²) < 4.78 is 16.0. The van der Waals surface area contributed by atoms with Crippen LogP contribution in [0.2, 0.25) is 0 Å². The Labute approximate surface area is 121 Å². The molecule has 0 amide bonds. The maximum absolute atomic E-state index is 5.76. The van der Waals surface area contributed by atoms with Gasteiger partial charge in [0.15, 0.2) is 0 Å². The number of methoxy groups -OCH3 is 2. The summed E-state index contributed by atoms with van der Waals surface area (Å²) in [6.07, 6.45) is 0. The summed E-state index contributed by atoms with van der Waals surface area (Å²) in [4.78, 5) is 2.26. The number of hydrogen-bond donors (Lipinski definition) is 1. The molecule has 0 aliphatic heterocycles. The van der Waals surface area contributed by atoms with Crippen LogP contribution in [-0.4, -0.2) is 58.6 Å². The molecule has 0 aliphatic rings. The molecule has 1 aromatic carbocycles. The first kappa shape index (κ1) is 16.9. The van der Waals surface area contributed by atoms with Crippen LogP contribution in [0.15, 0.2) is 24.3 Å². The molecule has 0 unspecified atom stereocenters. The molecular formula is C15H26N2O3. The summed E-state index contributed by atoms with van der Waals surface area (Å²) >= 11 is 0. The van der Waals surface area contributed by atoms with Crippen molar-refractivity contribution in [3.63, 3.8) is 0 Å². The van der Waals surface area contributed by atoms with Crippen molar-refractivity contribution in [2.24, 2.45) is 5.73 Å². The molecule has 1 aromatic rings. The van der Waals surface area contributed by atoms with Crippen molar-refractivity contribution in [2.75, 3.05) is 53.7 Å². The Hall–Kier alpha value is -1.14. The average molecular weight is 282 g/mol. The molecule has 2 N–H and O–H groups in total. The molecule has 0 heterocycles. The number of ether oxygens (including phenoxy) is 3. The molecular weight excluding hydrogens is 256 g/mol. The molecule has 0 saturated carbocycles. The molecule has 1 rings (SSSR count). The third-order valence-electron chi connectivity index (χ3n) is 3.03. The summed E-state index contributed by atoms with van der Waals surface area (Å²) in [5, 5.41) is 0. The molecule has 0 saturated heterocycles. The first-order valence-corrected chi connectivity index (χ1v) is 6.92. The van der Waals surface area contributed by atoms with Crippen LogP contribution < -0.4 is 10.5 Å². The van der Waals surface area contributed by atoms with E-state index in [1.165, 1.54) is 0 Å². The quantitative estimate of drug-likeness (QED) is 0.659. The number of nitrogens with two attached hydrogens (primary N) is 1. The maximum Gasteiger partial charge on any atom is 0.119 e. The van der Waals surface area contributed by atoms with Gasteiger partial charge in [0.25, 0.3) is 0 Å². The summed E-state index contributed by atoms with van der Waals surface area (Å²) in [5.41, 5.74) is 6.70. The van der Waals surface area contributed by atoms with Crippen molar-refractivity contribution in [2.45, 2.75) is 6.54 Å². The average Bonchev–Trinajstić information content (AvgIpc) is 2.49. The Morgan fingerprint density at radius 2 is 1.65 bits per heavy atom. The van der Waals surface area contributed by atoms with Gasteiger partial charge in [-0.3, -0.25) is 4.90 Å². The smallest absolute Gasteiger partial charge is 0.119 e. The zero-order valence-electron chi connectivity index (χ0n) is 12.5. The fourth-order valence-electron chi connectivity index (χ4n) is 1.83. The van der Waals surface area contributed by atoms with Gasteiger partial charge in [0.1, 0.15) is 12.4 Å². The van der Waals surface area contributed by atoms with Crippen molar-refractivity contribution in [3.05, 3.63) is 29.8 Å². The highest BCUT2D eigenvalue weighted by Gasteiger charge is 2.05. The van der Waals surface area contributed by atoms with Gasteiger partial charge in [0.05, 0.1) is 13.2 Å². The standard InChI is InChI=1S/C15H26N2O3/c1-18-9-6-17(7-10-19-2)8-11-20-15-5-3-4-14(12-15)13-16/h3-5,12H,6-11,13,16H2,1-2H3. The van der Waals surface area contributed by atoms with Crippen LogP contribution in [0.4, 0.5) is 0 Å². The third-order valence-corrected chi connectivity index (χ3v) is 3.03. The normalized spacial score (nSPS) is 11.0. The molecule has 0 radical (unpaired) electrons. The van der Waals surface area contributed by atoms with Gasteiger partial charge in [0, 0.05) is 40.4 Å². The summed E-state index contributed by atoms with van der Waals surface area (Å²) in [6, 6.07) is 7.89. The molecule has 0 aliphatic carbocycles. The maximum atomic E-state index is 5.76. The van der Waals surface area contributed by atoms with Crippen molar-refractivity contribution in [1.82, 2.24) is 4.90 Å². The summed E-state index contributed by atoms with van der Waals surface area (Å²) in [5.74, 6) is 0.867. The van der Waals surface area contributed by atoms with E-state index in [0.29, 0.717) is 26.4 Å². The SMILES string of the molecule is COCCN(CCOC)CCOc1cccc(CN)c1. The first-order valence-electron chi connectivity index (χ1n) is 6.92. The van der Waals surface area contributed by atoms with E-state index in [2.05, 4.69) is 4.90 Å². The lowest BCUT2D eigenvalue weighted by Gasteiger charge is -2.21. The second kappa shape index (κ2) is 10.6. The monoisotopic (exact) mass is 282 g/mol. The first-order chi connectivity index (χ1) is 9.80. The van der Waals surface area contributed by atoms with E-state index >= 15 is 0 Å². The Kier molecular flexibility index (Phi) is 8.98. The fraction of sp³-hybridized carbons (Fsp3) is 0.600. The number of rotatable bonds is 11. The van der Waals surface area contributed by atoms with E-state index in [9.17, 15) is 0 Å².